The summed E-state index contributed by atoms with van der Waals surface area (Å²) in [5, 5.41) is 10.2. The predicted molar refractivity (Wildman–Crippen MR) is 155 cm³/mol. The molecule has 202 valence electrons. The molecule has 8 nitrogen and oxygen atoms in total. The standard InChI is InChI=1S/C31H34N4O4/c1-20(2)18-28(33-24-14-10-22(11-15-24)30(37)32-17-16-29(36)39-3)31(38)34-25-12-8-21(9-13-25)27-19-23-6-4-5-7-26(23)35-27/h4-15,19-20,28,33,35H,16-18H2,1-3H3,(H,32,37)(H,34,38)/t28-/m0/s1. The zero-order chi connectivity index (χ0) is 27.8. The summed E-state index contributed by atoms with van der Waals surface area (Å²) in [6.45, 7) is 4.34. The largest absolute Gasteiger partial charge is 0.469 e. The van der Waals surface area contributed by atoms with Gasteiger partial charge in [0.2, 0.25) is 5.91 Å². The van der Waals surface area contributed by atoms with Crippen LogP contribution in [0.1, 0.15) is 37.0 Å². The van der Waals surface area contributed by atoms with Gasteiger partial charge in [-0.2, -0.15) is 0 Å². The third-order valence-electron chi connectivity index (χ3n) is 6.35. The van der Waals surface area contributed by atoms with Gasteiger partial charge >= 0.3 is 5.97 Å². The monoisotopic (exact) mass is 526 g/mol. The molecule has 0 aliphatic carbocycles. The molecule has 0 bridgehead atoms. The van der Waals surface area contributed by atoms with Gasteiger partial charge in [-0.3, -0.25) is 14.4 Å². The summed E-state index contributed by atoms with van der Waals surface area (Å²) in [7, 11) is 1.31. The number of para-hydroxylation sites is 1. The zero-order valence-electron chi connectivity index (χ0n) is 22.4. The lowest BCUT2D eigenvalue weighted by molar-refractivity contribution is -0.140. The number of carbonyl (C=O) groups excluding carboxylic acids is 3. The fourth-order valence-electron chi connectivity index (χ4n) is 4.30. The smallest absolute Gasteiger partial charge is 0.307 e. The van der Waals surface area contributed by atoms with E-state index in [4.69, 9.17) is 0 Å². The first-order valence-corrected chi connectivity index (χ1v) is 13.0. The van der Waals surface area contributed by atoms with Crippen LogP contribution in [0.3, 0.4) is 0 Å². The van der Waals surface area contributed by atoms with Gasteiger partial charge in [0.05, 0.1) is 13.5 Å². The van der Waals surface area contributed by atoms with Gasteiger partial charge in [0.25, 0.3) is 5.91 Å². The van der Waals surface area contributed by atoms with Crippen molar-refractivity contribution in [3.8, 4) is 11.3 Å². The number of hydrogen-bond acceptors (Lipinski definition) is 5. The van der Waals surface area contributed by atoms with Gasteiger partial charge in [0.1, 0.15) is 6.04 Å². The van der Waals surface area contributed by atoms with Crippen LogP contribution in [-0.4, -0.2) is 42.5 Å². The number of aromatic nitrogens is 1. The molecule has 0 fully saturated rings. The molecule has 0 aliphatic rings. The van der Waals surface area contributed by atoms with Crippen molar-refractivity contribution >= 4 is 40.1 Å². The van der Waals surface area contributed by atoms with Crippen molar-refractivity contribution in [1.29, 1.82) is 0 Å². The number of ether oxygens (including phenoxy) is 1. The molecule has 1 heterocycles. The minimum absolute atomic E-state index is 0.111. The van der Waals surface area contributed by atoms with Crippen molar-refractivity contribution in [3.63, 3.8) is 0 Å². The second-order valence-electron chi connectivity index (χ2n) is 9.82. The van der Waals surface area contributed by atoms with E-state index < -0.39 is 6.04 Å². The van der Waals surface area contributed by atoms with Crippen LogP contribution >= 0.6 is 0 Å². The Morgan fingerprint density at radius 2 is 1.59 bits per heavy atom. The van der Waals surface area contributed by atoms with Crippen LogP contribution in [0.2, 0.25) is 0 Å². The maximum atomic E-state index is 13.2. The first kappa shape index (κ1) is 27.4. The second kappa shape index (κ2) is 12.8. The summed E-state index contributed by atoms with van der Waals surface area (Å²) in [4.78, 5) is 40.2. The Morgan fingerprint density at radius 1 is 0.897 bits per heavy atom. The average molecular weight is 527 g/mol. The molecule has 2 amide bonds. The topological polar surface area (TPSA) is 112 Å². The quantitative estimate of drug-likeness (QED) is 0.190. The molecule has 4 rings (SSSR count). The SMILES string of the molecule is COC(=O)CCNC(=O)c1ccc(N[C@@H](CC(C)C)C(=O)Nc2ccc(-c3cc4ccccc4[nH]3)cc2)cc1. The molecule has 3 aromatic carbocycles. The van der Waals surface area contributed by atoms with E-state index in [1.165, 1.54) is 7.11 Å². The fourth-order valence-corrected chi connectivity index (χ4v) is 4.30. The summed E-state index contributed by atoms with van der Waals surface area (Å²) < 4.78 is 4.58. The number of rotatable bonds is 11. The van der Waals surface area contributed by atoms with Crippen molar-refractivity contribution < 1.29 is 19.1 Å². The summed E-state index contributed by atoms with van der Waals surface area (Å²) in [6.07, 6.45) is 0.744. The van der Waals surface area contributed by atoms with E-state index >= 15 is 0 Å². The molecule has 39 heavy (non-hydrogen) atoms. The van der Waals surface area contributed by atoms with Gasteiger partial charge in [-0.15, -0.1) is 0 Å². The number of aromatic amines is 1. The number of hydrogen-bond donors (Lipinski definition) is 4. The summed E-state index contributed by atoms with van der Waals surface area (Å²) in [6, 6.07) is 24.5. The van der Waals surface area contributed by atoms with Crippen LogP contribution in [0.15, 0.2) is 78.9 Å². The van der Waals surface area contributed by atoms with Crippen LogP contribution in [0.5, 0.6) is 0 Å². The van der Waals surface area contributed by atoms with Crippen LogP contribution in [0, 0.1) is 5.92 Å². The number of amides is 2. The lowest BCUT2D eigenvalue weighted by atomic mass is 10.0. The molecule has 8 heteroatoms. The Balaban J connectivity index is 1.37. The van der Waals surface area contributed by atoms with Gasteiger partial charge in [-0.25, -0.2) is 0 Å². The summed E-state index contributed by atoms with van der Waals surface area (Å²) in [5.74, 6) is -0.503. The third-order valence-corrected chi connectivity index (χ3v) is 6.35. The highest BCUT2D eigenvalue weighted by Gasteiger charge is 2.20. The molecule has 1 atom stereocenters. The molecule has 0 radical (unpaired) electrons. The number of esters is 1. The van der Waals surface area contributed by atoms with Gasteiger partial charge < -0.3 is 25.7 Å². The number of nitrogens with one attached hydrogen (secondary N) is 4. The van der Waals surface area contributed by atoms with Crippen LogP contribution in [0.4, 0.5) is 11.4 Å². The first-order valence-electron chi connectivity index (χ1n) is 13.0. The number of fused-ring (bicyclic) bond motifs is 1. The van der Waals surface area contributed by atoms with Gasteiger partial charge in [-0.05, 0) is 66.4 Å². The Hall–Kier alpha value is -4.59. The molecule has 0 unspecified atom stereocenters. The maximum Gasteiger partial charge on any atom is 0.307 e. The number of H-pyrrole nitrogens is 1. The Kier molecular flexibility index (Phi) is 8.99. The number of carbonyl (C=O) groups is 3. The van der Waals surface area contributed by atoms with E-state index in [-0.39, 0.29) is 36.7 Å². The van der Waals surface area contributed by atoms with Crippen molar-refractivity contribution in [2.45, 2.75) is 32.7 Å². The number of anilines is 2. The van der Waals surface area contributed by atoms with Crippen molar-refractivity contribution in [3.05, 3.63) is 84.4 Å². The molecular formula is C31H34N4O4. The highest BCUT2D eigenvalue weighted by Crippen LogP contribution is 2.25. The van der Waals surface area contributed by atoms with Crippen molar-refractivity contribution in [1.82, 2.24) is 10.3 Å². The fraction of sp³-hybridized carbons (Fsp3) is 0.258. The number of methoxy groups -OCH3 is 1. The summed E-state index contributed by atoms with van der Waals surface area (Å²) in [5.41, 5.74) is 5.06. The lowest BCUT2D eigenvalue weighted by Crippen LogP contribution is -2.35. The molecule has 0 saturated carbocycles. The molecular weight excluding hydrogens is 492 g/mol. The molecule has 0 aliphatic heterocycles. The van der Waals surface area contributed by atoms with Gasteiger partial charge in [0, 0.05) is 40.1 Å². The Labute approximate surface area is 228 Å². The Morgan fingerprint density at radius 3 is 2.26 bits per heavy atom. The van der Waals surface area contributed by atoms with Crippen LogP contribution < -0.4 is 16.0 Å². The maximum absolute atomic E-state index is 13.2. The van der Waals surface area contributed by atoms with Crippen LogP contribution in [-0.2, 0) is 14.3 Å². The molecule has 1 aromatic heterocycles. The second-order valence-corrected chi connectivity index (χ2v) is 9.82. The highest BCUT2D eigenvalue weighted by atomic mass is 16.5. The van der Waals surface area contributed by atoms with E-state index in [1.54, 1.807) is 24.3 Å². The third kappa shape index (κ3) is 7.47. The van der Waals surface area contributed by atoms with Crippen molar-refractivity contribution in [2.75, 3.05) is 24.3 Å². The number of benzene rings is 3. The first-order chi connectivity index (χ1) is 18.8. The van der Waals surface area contributed by atoms with Crippen LogP contribution in [0.25, 0.3) is 22.2 Å². The molecule has 4 aromatic rings. The van der Waals surface area contributed by atoms with Gasteiger partial charge in [0.15, 0.2) is 0 Å². The normalized spacial score (nSPS) is 11.7. The molecule has 0 saturated heterocycles. The lowest BCUT2D eigenvalue weighted by Gasteiger charge is -2.21. The minimum Gasteiger partial charge on any atom is -0.469 e. The van der Waals surface area contributed by atoms with E-state index in [0.29, 0.717) is 12.0 Å². The van der Waals surface area contributed by atoms with Crippen molar-refractivity contribution in [2.24, 2.45) is 5.92 Å². The van der Waals surface area contributed by atoms with E-state index in [2.05, 4.69) is 51.7 Å². The van der Waals surface area contributed by atoms with E-state index in [1.807, 2.05) is 42.5 Å². The highest BCUT2D eigenvalue weighted by molar-refractivity contribution is 5.97. The molecule has 0 spiro atoms. The Bertz CT molecular complexity index is 1390. The average Bonchev–Trinajstić information content (AvgIpc) is 3.37. The van der Waals surface area contributed by atoms with E-state index in [0.717, 1.165) is 33.5 Å². The summed E-state index contributed by atoms with van der Waals surface area (Å²) >= 11 is 0. The predicted octanol–water partition coefficient (Wildman–Crippen LogP) is 5.59. The van der Waals surface area contributed by atoms with Gasteiger partial charge in [-0.1, -0.05) is 44.2 Å². The zero-order valence-corrected chi connectivity index (χ0v) is 22.4. The van der Waals surface area contributed by atoms with E-state index in [9.17, 15) is 14.4 Å². The molecule has 4 N–H and O–H groups in total. The minimum atomic E-state index is -0.460.